The Morgan fingerprint density at radius 1 is 1.45 bits per heavy atom. The Balaban J connectivity index is 2.49. The Bertz CT molecular complexity index is 577. The molecule has 4 nitrogen and oxygen atoms in total. The summed E-state index contributed by atoms with van der Waals surface area (Å²) < 4.78 is 15.9. The van der Waals surface area contributed by atoms with E-state index in [0.29, 0.717) is 4.60 Å². The monoisotopic (exact) mass is 340 g/mol. The summed E-state index contributed by atoms with van der Waals surface area (Å²) >= 11 is 3.38. The zero-order valence-corrected chi connectivity index (χ0v) is 13.4. The number of benzene rings is 1. The zero-order valence-electron chi connectivity index (χ0n) is 11.8. The quantitative estimate of drug-likeness (QED) is 0.906. The number of aromatic nitrogens is 3. The molecule has 0 bridgehead atoms. The molecule has 0 amide bonds. The van der Waals surface area contributed by atoms with Crippen molar-refractivity contribution in [3.8, 4) is 11.3 Å². The van der Waals surface area contributed by atoms with Crippen LogP contribution in [0, 0.1) is 5.82 Å². The van der Waals surface area contributed by atoms with Crippen LogP contribution in [-0.4, -0.2) is 21.5 Å². The van der Waals surface area contributed by atoms with E-state index in [9.17, 15) is 4.39 Å². The van der Waals surface area contributed by atoms with Crippen molar-refractivity contribution in [3.63, 3.8) is 0 Å². The van der Waals surface area contributed by atoms with Gasteiger partial charge in [0.1, 0.15) is 11.5 Å². The van der Waals surface area contributed by atoms with E-state index < -0.39 is 0 Å². The van der Waals surface area contributed by atoms with Crippen molar-refractivity contribution in [2.24, 2.45) is 7.05 Å². The van der Waals surface area contributed by atoms with Crippen molar-refractivity contribution in [1.29, 1.82) is 0 Å². The molecule has 1 aromatic carbocycles. The molecule has 1 N–H and O–H groups in total. The summed E-state index contributed by atoms with van der Waals surface area (Å²) in [6.07, 6.45) is 1.05. The lowest BCUT2D eigenvalue weighted by molar-refractivity contribution is 0.568. The molecule has 1 unspecified atom stereocenters. The summed E-state index contributed by atoms with van der Waals surface area (Å²) in [4.78, 5) is 0. The van der Waals surface area contributed by atoms with Gasteiger partial charge in [0.25, 0.3) is 0 Å². The van der Waals surface area contributed by atoms with E-state index in [4.69, 9.17) is 0 Å². The van der Waals surface area contributed by atoms with Crippen molar-refractivity contribution < 1.29 is 4.39 Å². The molecule has 108 valence electrons. The Morgan fingerprint density at radius 3 is 2.80 bits per heavy atom. The first kappa shape index (κ1) is 15.1. The van der Waals surface area contributed by atoms with Gasteiger partial charge >= 0.3 is 0 Å². The number of hydrogen-bond donors (Lipinski definition) is 1. The standard InChI is InChI=1S/C14H18BrFN4/c1-4-7-17-9(2)11-6-5-10(16)8-12(11)13-14(15)18-19-20(13)3/h5-6,8-9,17H,4,7H2,1-3H3. The fourth-order valence-electron chi connectivity index (χ4n) is 2.20. The minimum absolute atomic E-state index is 0.132. The minimum Gasteiger partial charge on any atom is -0.310 e. The molecule has 0 spiro atoms. The first-order valence-electron chi connectivity index (χ1n) is 6.63. The van der Waals surface area contributed by atoms with E-state index in [2.05, 4.69) is 45.4 Å². The van der Waals surface area contributed by atoms with Crippen LogP contribution in [0.4, 0.5) is 4.39 Å². The molecule has 1 atom stereocenters. The van der Waals surface area contributed by atoms with Crippen LogP contribution in [0.2, 0.25) is 0 Å². The van der Waals surface area contributed by atoms with Crippen molar-refractivity contribution in [2.75, 3.05) is 6.54 Å². The topological polar surface area (TPSA) is 42.7 Å². The lowest BCUT2D eigenvalue weighted by atomic mass is 9.99. The second-order valence-electron chi connectivity index (χ2n) is 4.76. The summed E-state index contributed by atoms with van der Waals surface area (Å²) in [6, 6.07) is 4.97. The maximum atomic E-state index is 13.6. The van der Waals surface area contributed by atoms with Crippen molar-refractivity contribution in [3.05, 3.63) is 34.2 Å². The molecular weight excluding hydrogens is 323 g/mol. The first-order valence-corrected chi connectivity index (χ1v) is 7.42. The van der Waals surface area contributed by atoms with E-state index in [-0.39, 0.29) is 11.9 Å². The maximum absolute atomic E-state index is 13.6. The largest absolute Gasteiger partial charge is 0.310 e. The van der Waals surface area contributed by atoms with Gasteiger partial charge in [0, 0.05) is 18.7 Å². The Labute approximate surface area is 126 Å². The highest BCUT2D eigenvalue weighted by Gasteiger charge is 2.18. The summed E-state index contributed by atoms with van der Waals surface area (Å²) in [5, 5.41) is 11.4. The molecule has 1 heterocycles. The first-order chi connectivity index (χ1) is 9.54. The van der Waals surface area contributed by atoms with Crippen LogP contribution >= 0.6 is 15.9 Å². The van der Waals surface area contributed by atoms with Gasteiger partial charge in [0.2, 0.25) is 0 Å². The summed E-state index contributed by atoms with van der Waals surface area (Å²) in [6.45, 7) is 5.11. The summed E-state index contributed by atoms with van der Waals surface area (Å²) in [5.41, 5.74) is 2.62. The van der Waals surface area contributed by atoms with E-state index in [1.807, 2.05) is 6.07 Å². The van der Waals surface area contributed by atoms with Crippen molar-refractivity contribution in [1.82, 2.24) is 20.3 Å². The Morgan fingerprint density at radius 2 is 2.20 bits per heavy atom. The lowest BCUT2D eigenvalue weighted by Gasteiger charge is -2.18. The van der Waals surface area contributed by atoms with E-state index in [0.717, 1.165) is 29.8 Å². The SMILES string of the molecule is CCCNC(C)c1ccc(F)cc1-c1c(Br)nnn1C. The van der Waals surface area contributed by atoms with E-state index >= 15 is 0 Å². The number of aryl methyl sites for hydroxylation is 1. The number of halogens is 2. The Kier molecular flexibility index (Phi) is 4.88. The molecule has 0 aliphatic heterocycles. The molecule has 0 saturated carbocycles. The smallest absolute Gasteiger partial charge is 0.156 e. The molecule has 0 aliphatic rings. The van der Waals surface area contributed by atoms with Crippen LogP contribution in [0.1, 0.15) is 31.9 Å². The average molecular weight is 341 g/mol. The predicted octanol–water partition coefficient (Wildman–Crippen LogP) is 3.44. The molecule has 2 aromatic rings. The van der Waals surface area contributed by atoms with Gasteiger partial charge in [-0.15, -0.1) is 5.10 Å². The third-order valence-electron chi connectivity index (χ3n) is 3.22. The van der Waals surface area contributed by atoms with Crippen LogP contribution < -0.4 is 5.32 Å². The van der Waals surface area contributed by atoms with Gasteiger partial charge in [-0.3, -0.25) is 0 Å². The van der Waals surface area contributed by atoms with Gasteiger partial charge < -0.3 is 5.32 Å². The molecule has 0 saturated heterocycles. The Hall–Kier alpha value is -1.27. The lowest BCUT2D eigenvalue weighted by Crippen LogP contribution is -2.20. The van der Waals surface area contributed by atoms with Gasteiger partial charge in [0.15, 0.2) is 4.60 Å². The summed E-state index contributed by atoms with van der Waals surface area (Å²) in [7, 11) is 1.80. The number of nitrogens with zero attached hydrogens (tertiary/aromatic N) is 3. The van der Waals surface area contributed by atoms with E-state index in [1.54, 1.807) is 11.7 Å². The molecule has 0 aliphatic carbocycles. The van der Waals surface area contributed by atoms with Crippen LogP contribution in [0.25, 0.3) is 11.3 Å². The normalized spacial score (nSPS) is 12.7. The second-order valence-corrected chi connectivity index (χ2v) is 5.51. The third kappa shape index (κ3) is 3.07. The van der Waals surface area contributed by atoms with Crippen LogP contribution in [0.3, 0.4) is 0 Å². The van der Waals surface area contributed by atoms with Gasteiger partial charge in [-0.1, -0.05) is 18.2 Å². The minimum atomic E-state index is -0.264. The highest BCUT2D eigenvalue weighted by Crippen LogP contribution is 2.32. The van der Waals surface area contributed by atoms with Crippen LogP contribution in [0.15, 0.2) is 22.8 Å². The third-order valence-corrected chi connectivity index (χ3v) is 3.76. The average Bonchev–Trinajstić information content (AvgIpc) is 2.75. The number of nitrogens with one attached hydrogen (secondary N) is 1. The molecule has 2 rings (SSSR count). The molecule has 0 radical (unpaired) electrons. The molecule has 0 fully saturated rings. The maximum Gasteiger partial charge on any atom is 0.156 e. The fraction of sp³-hybridized carbons (Fsp3) is 0.429. The highest BCUT2D eigenvalue weighted by molar-refractivity contribution is 9.10. The van der Waals surface area contributed by atoms with Gasteiger partial charge in [-0.05, 0) is 53.5 Å². The van der Waals surface area contributed by atoms with Gasteiger partial charge in [-0.25, -0.2) is 9.07 Å². The van der Waals surface area contributed by atoms with Gasteiger partial charge in [0.05, 0.1) is 0 Å². The molecule has 1 aromatic heterocycles. The second kappa shape index (κ2) is 6.45. The fourth-order valence-corrected chi connectivity index (χ4v) is 2.74. The molecular formula is C14H18BrFN4. The highest BCUT2D eigenvalue weighted by atomic mass is 79.9. The summed E-state index contributed by atoms with van der Waals surface area (Å²) in [5.74, 6) is -0.264. The van der Waals surface area contributed by atoms with E-state index in [1.165, 1.54) is 12.1 Å². The van der Waals surface area contributed by atoms with Crippen LogP contribution in [-0.2, 0) is 7.05 Å². The van der Waals surface area contributed by atoms with Crippen molar-refractivity contribution >= 4 is 15.9 Å². The molecule has 6 heteroatoms. The number of hydrogen-bond acceptors (Lipinski definition) is 3. The van der Waals surface area contributed by atoms with Crippen LogP contribution in [0.5, 0.6) is 0 Å². The predicted molar refractivity (Wildman–Crippen MR) is 80.8 cm³/mol. The molecule has 20 heavy (non-hydrogen) atoms. The van der Waals surface area contributed by atoms with Crippen molar-refractivity contribution in [2.45, 2.75) is 26.3 Å². The van der Waals surface area contributed by atoms with Gasteiger partial charge in [-0.2, -0.15) is 0 Å². The zero-order chi connectivity index (χ0) is 14.7. The number of rotatable bonds is 5.